The molecule has 2 heterocycles. The topological polar surface area (TPSA) is 81.2 Å². The fourth-order valence-corrected chi connectivity index (χ4v) is 1.43. The summed E-state index contributed by atoms with van der Waals surface area (Å²) >= 11 is 0. The summed E-state index contributed by atoms with van der Waals surface area (Å²) in [4.78, 5) is 11.1. The summed E-state index contributed by atoms with van der Waals surface area (Å²) in [6.07, 6.45) is 0.363. The maximum Gasteiger partial charge on any atom is 0.322 e. The largest absolute Gasteiger partial charge is 0.466 e. The summed E-state index contributed by atoms with van der Waals surface area (Å²) in [7, 11) is 0. The Balaban J connectivity index is 2.24. The van der Waals surface area contributed by atoms with Crippen molar-refractivity contribution in [3.63, 3.8) is 0 Å². The number of furan rings is 1. The minimum Gasteiger partial charge on any atom is -0.466 e. The molecular formula is C11H13N3O3. The van der Waals surface area contributed by atoms with E-state index in [0.29, 0.717) is 18.1 Å². The molecule has 17 heavy (non-hydrogen) atoms. The first-order chi connectivity index (χ1) is 8.10. The highest BCUT2D eigenvalue weighted by molar-refractivity contribution is 5.88. The number of hydrogen-bond acceptors (Lipinski definition) is 5. The predicted octanol–water partition coefficient (Wildman–Crippen LogP) is 2.29. The number of aryl methyl sites for hydroxylation is 2. The maximum atomic E-state index is 11.1. The van der Waals surface area contributed by atoms with E-state index in [1.165, 1.54) is 0 Å². The lowest BCUT2D eigenvalue weighted by atomic mass is 10.2. The van der Waals surface area contributed by atoms with Crippen LogP contribution in [0.25, 0.3) is 11.5 Å². The lowest BCUT2D eigenvalue weighted by molar-refractivity contribution is -0.116. The molecule has 0 aliphatic rings. The highest BCUT2D eigenvalue weighted by Gasteiger charge is 2.15. The van der Waals surface area contributed by atoms with Gasteiger partial charge in [-0.3, -0.25) is 10.1 Å². The molecule has 1 amide bonds. The van der Waals surface area contributed by atoms with Crippen LogP contribution >= 0.6 is 0 Å². The van der Waals surface area contributed by atoms with Gasteiger partial charge in [-0.1, -0.05) is 12.0 Å². The maximum absolute atomic E-state index is 11.1. The Morgan fingerprint density at radius 3 is 2.71 bits per heavy atom. The van der Waals surface area contributed by atoms with Gasteiger partial charge in [0.15, 0.2) is 0 Å². The SMILES string of the molecule is CCC(=O)Nc1nnc(-c2cc(C)oc2C)o1. The molecule has 0 unspecified atom stereocenters. The molecule has 6 heteroatoms. The zero-order valence-corrected chi connectivity index (χ0v) is 9.90. The van der Waals surface area contributed by atoms with Gasteiger partial charge in [0.1, 0.15) is 11.5 Å². The third-order valence-electron chi connectivity index (χ3n) is 2.26. The van der Waals surface area contributed by atoms with E-state index in [-0.39, 0.29) is 11.9 Å². The van der Waals surface area contributed by atoms with Crippen molar-refractivity contribution < 1.29 is 13.6 Å². The molecule has 0 radical (unpaired) electrons. The second-order valence-electron chi connectivity index (χ2n) is 3.64. The second kappa shape index (κ2) is 4.40. The van der Waals surface area contributed by atoms with Crippen LogP contribution in [0.15, 0.2) is 14.9 Å². The molecule has 0 aliphatic carbocycles. The van der Waals surface area contributed by atoms with Crippen LogP contribution in [-0.4, -0.2) is 16.1 Å². The molecule has 0 spiro atoms. The monoisotopic (exact) mass is 235 g/mol. The van der Waals surface area contributed by atoms with Gasteiger partial charge in [0.2, 0.25) is 5.91 Å². The first-order valence-electron chi connectivity index (χ1n) is 5.31. The Labute approximate surface area is 98.0 Å². The molecule has 0 saturated carbocycles. The average molecular weight is 235 g/mol. The van der Waals surface area contributed by atoms with E-state index < -0.39 is 0 Å². The van der Waals surface area contributed by atoms with Gasteiger partial charge >= 0.3 is 6.01 Å². The quantitative estimate of drug-likeness (QED) is 0.882. The van der Waals surface area contributed by atoms with Gasteiger partial charge in [0.25, 0.3) is 5.89 Å². The van der Waals surface area contributed by atoms with Crippen molar-refractivity contribution in [2.75, 3.05) is 5.32 Å². The van der Waals surface area contributed by atoms with Crippen molar-refractivity contribution in [3.8, 4) is 11.5 Å². The fourth-order valence-electron chi connectivity index (χ4n) is 1.43. The summed E-state index contributed by atoms with van der Waals surface area (Å²) in [5, 5.41) is 10.1. The minimum atomic E-state index is -0.166. The van der Waals surface area contributed by atoms with Crippen molar-refractivity contribution >= 4 is 11.9 Å². The zero-order chi connectivity index (χ0) is 12.4. The molecular weight excluding hydrogens is 222 g/mol. The first-order valence-corrected chi connectivity index (χ1v) is 5.31. The summed E-state index contributed by atoms with van der Waals surface area (Å²) in [6, 6.07) is 1.92. The van der Waals surface area contributed by atoms with Crippen molar-refractivity contribution in [2.24, 2.45) is 0 Å². The smallest absolute Gasteiger partial charge is 0.322 e. The van der Waals surface area contributed by atoms with E-state index in [4.69, 9.17) is 8.83 Å². The summed E-state index contributed by atoms with van der Waals surface area (Å²) in [5.74, 6) is 1.65. The number of nitrogens with one attached hydrogen (secondary N) is 1. The van der Waals surface area contributed by atoms with Crippen molar-refractivity contribution in [2.45, 2.75) is 27.2 Å². The Morgan fingerprint density at radius 1 is 1.35 bits per heavy atom. The van der Waals surface area contributed by atoms with E-state index in [0.717, 1.165) is 11.3 Å². The lowest BCUT2D eigenvalue weighted by Gasteiger charge is -1.94. The third kappa shape index (κ3) is 2.35. The van der Waals surface area contributed by atoms with E-state index in [1.807, 2.05) is 19.9 Å². The van der Waals surface area contributed by atoms with E-state index in [1.54, 1.807) is 6.92 Å². The number of hydrogen-bond donors (Lipinski definition) is 1. The molecule has 1 N–H and O–H groups in total. The van der Waals surface area contributed by atoms with Gasteiger partial charge in [-0.25, -0.2) is 0 Å². The number of nitrogens with zero attached hydrogens (tertiary/aromatic N) is 2. The van der Waals surface area contributed by atoms with Crippen LogP contribution in [0.3, 0.4) is 0 Å². The normalized spacial score (nSPS) is 10.5. The van der Waals surface area contributed by atoms with Gasteiger partial charge in [0.05, 0.1) is 5.56 Å². The summed E-state index contributed by atoms with van der Waals surface area (Å²) in [6.45, 7) is 5.40. The van der Waals surface area contributed by atoms with Crippen LogP contribution in [-0.2, 0) is 4.79 Å². The fraction of sp³-hybridized carbons (Fsp3) is 0.364. The molecule has 0 saturated heterocycles. The van der Waals surface area contributed by atoms with Crippen LogP contribution in [0.5, 0.6) is 0 Å². The molecule has 0 aliphatic heterocycles. The highest BCUT2D eigenvalue weighted by atomic mass is 16.4. The minimum absolute atomic E-state index is 0.102. The lowest BCUT2D eigenvalue weighted by Crippen LogP contribution is -2.09. The van der Waals surface area contributed by atoms with Gasteiger partial charge in [-0.2, -0.15) is 0 Å². The molecule has 0 fully saturated rings. The first kappa shape index (κ1) is 11.4. The van der Waals surface area contributed by atoms with Crippen LogP contribution in [0.2, 0.25) is 0 Å². The predicted molar refractivity (Wildman–Crippen MR) is 60.4 cm³/mol. The number of amides is 1. The molecule has 2 aromatic rings. The van der Waals surface area contributed by atoms with Gasteiger partial charge in [-0.15, -0.1) is 5.10 Å². The van der Waals surface area contributed by atoms with Crippen molar-refractivity contribution in [1.82, 2.24) is 10.2 Å². The molecule has 0 atom stereocenters. The number of aromatic nitrogens is 2. The van der Waals surface area contributed by atoms with Crippen LogP contribution < -0.4 is 5.32 Å². The molecule has 0 aromatic carbocycles. The number of rotatable bonds is 3. The van der Waals surface area contributed by atoms with E-state index in [9.17, 15) is 4.79 Å². The Bertz CT molecular complexity index is 542. The van der Waals surface area contributed by atoms with Crippen LogP contribution in [0.4, 0.5) is 6.01 Å². The zero-order valence-electron chi connectivity index (χ0n) is 9.90. The van der Waals surface area contributed by atoms with Gasteiger partial charge in [-0.05, 0) is 19.9 Å². The molecule has 2 rings (SSSR count). The van der Waals surface area contributed by atoms with Crippen LogP contribution in [0.1, 0.15) is 24.9 Å². The third-order valence-corrected chi connectivity index (χ3v) is 2.26. The molecule has 2 aromatic heterocycles. The molecule has 6 nitrogen and oxygen atoms in total. The van der Waals surface area contributed by atoms with Gasteiger partial charge < -0.3 is 8.83 Å². The Hall–Kier alpha value is -2.11. The molecule has 0 bridgehead atoms. The van der Waals surface area contributed by atoms with E-state index >= 15 is 0 Å². The summed E-state index contributed by atoms with van der Waals surface area (Å²) in [5.41, 5.74) is 0.743. The molecule has 90 valence electrons. The number of carbonyl (C=O) groups excluding carboxylic acids is 1. The van der Waals surface area contributed by atoms with Gasteiger partial charge in [0, 0.05) is 6.42 Å². The highest BCUT2D eigenvalue weighted by Crippen LogP contribution is 2.26. The Kier molecular flexibility index (Phi) is 2.95. The number of anilines is 1. The number of carbonyl (C=O) groups is 1. The second-order valence-corrected chi connectivity index (χ2v) is 3.64. The average Bonchev–Trinajstić information content (AvgIpc) is 2.85. The summed E-state index contributed by atoms with van der Waals surface area (Å²) < 4.78 is 10.7. The van der Waals surface area contributed by atoms with Crippen molar-refractivity contribution in [3.05, 3.63) is 17.6 Å². The standard InChI is InChI=1S/C11H13N3O3/c1-4-9(15)12-11-14-13-10(17-11)8-5-6(2)16-7(8)3/h5H,4H2,1-3H3,(H,12,14,15). The Morgan fingerprint density at radius 2 is 2.12 bits per heavy atom. The van der Waals surface area contributed by atoms with Crippen LogP contribution in [0, 0.1) is 13.8 Å². The van der Waals surface area contributed by atoms with Crippen molar-refractivity contribution in [1.29, 1.82) is 0 Å². The van der Waals surface area contributed by atoms with E-state index in [2.05, 4.69) is 15.5 Å².